The normalized spacial score (nSPS) is 12.0. The van der Waals surface area contributed by atoms with Crippen molar-refractivity contribution in [3.8, 4) is 11.5 Å². The van der Waals surface area contributed by atoms with Gasteiger partial charge < -0.3 is 19.4 Å². The van der Waals surface area contributed by atoms with Crippen LogP contribution < -0.4 is 14.8 Å². The monoisotopic (exact) mass is 411 g/mol. The largest absolute Gasteiger partial charge is 0.496 e. The van der Waals surface area contributed by atoms with Crippen molar-refractivity contribution in [3.63, 3.8) is 0 Å². The van der Waals surface area contributed by atoms with E-state index < -0.39 is 0 Å². The summed E-state index contributed by atoms with van der Waals surface area (Å²) in [5.74, 6) is 2.99. The molecule has 1 N–H and O–H groups in total. The topological polar surface area (TPSA) is 90.6 Å². The zero-order chi connectivity index (χ0) is 21.5. The number of rotatable bonds is 11. The van der Waals surface area contributed by atoms with Crippen LogP contribution >= 0.6 is 0 Å². The lowest BCUT2D eigenvalue weighted by atomic mass is 10.1. The SMILES string of the molecule is CCC[C@@H](CCN=O)Nc1nc(C)nc2ccn(Cc3c(OC)cccc3OC)c12. The van der Waals surface area contributed by atoms with Gasteiger partial charge in [0.15, 0.2) is 5.82 Å². The van der Waals surface area contributed by atoms with Gasteiger partial charge >= 0.3 is 0 Å². The van der Waals surface area contributed by atoms with Crippen LogP contribution in [-0.2, 0) is 6.54 Å². The zero-order valence-electron chi connectivity index (χ0n) is 18.0. The molecule has 8 nitrogen and oxygen atoms in total. The molecule has 0 amide bonds. The summed E-state index contributed by atoms with van der Waals surface area (Å²) in [6.07, 6.45) is 4.60. The van der Waals surface area contributed by atoms with E-state index in [0.29, 0.717) is 18.8 Å². The molecule has 0 spiro atoms. The standard InChI is InChI=1S/C22H29N5O3/c1-5-7-16(10-12-23-28)26-22-21-18(24-15(2)25-22)11-13-27(21)14-17-19(29-3)8-6-9-20(17)30-4/h6,8-9,11,13,16H,5,7,10,12,14H2,1-4H3,(H,24,25,26)/t16-/m0/s1. The Bertz CT molecular complexity index is 980. The molecule has 0 aliphatic heterocycles. The van der Waals surface area contributed by atoms with Gasteiger partial charge in [-0.1, -0.05) is 24.6 Å². The van der Waals surface area contributed by atoms with Crippen LogP contribution in [0.4, 0.5) is 5.82 Å². The fourth-order valence-electron chi connectivity index (χ4n) is 3.75. The average Bonchev–Trinajstić information content (AvgIpc) is 3.14. The molecule has 0 unspecified atom stereocenters. The Morgan fingerprint density at radius 3 is 2.50 bits per heavy atom. The Labute approximate surface area is 176 Å². The van der Waals surface area contributed by atoms with Crippen molar-refractivity contribution in [1.82, 2.24) is 14.5 Å². The van der Waals surface area contributed by atoms with Gasteiger partial charge in [0.25, 0.3) is 0 Å². The number of hydrogen-bond acceptors (Lipinski definition) is 7. The van der Waals surface area contributed by atoms with Gasteiger partial charge in [-0.3, -0.25) is 0 Å². The molecule has 2 aromatic heterocycles. The second-order valence-electron chi connectivity index (χ2n) is 7.21. The summed E-state index contributed by atoms with van der Waals surface area (Å²) in [6.45, 7) is 4.84. The third kappa shape index (κ3) is 4.69. The summed E-state index contributed by atoms with van der Waals surface area (Å²) in [5.41, 5.74) is 2.72. The molecule has 160 valence electrons. The first-order chi connectivity index (χ1) is 14.6. The molecule has 3 rings (SSSR count). The van der Waals surface area contributed by atoms with Crippen LogP contribution in [0.3, 0.4) is 0 Å². The molecule has 0 saturated carbocycles. The highest BCUT2D eigenvalue weighted by Crippen LogP contribution is 2.31. The molecule has 0 fully saturated rings. The van der Waals surface area contributed by atoms with E-state index in [1.165, 1.54) is 0 Å². The smallest absolute Gasteiger partial charge is 0.154 e. The first kappa shape index (κ1) is 21.5. The zero-order valence-corrected chi connectivity index (χ0v) is 18.0. The molecular formula is C22H29N5O3. The number of nitroso groups, excluding NO2 is 1. The first-order valence-electron chi connectivity index (χ1n) is 10.2. The third-order valence-corrected chi connectivity index (χ3v) is 5.13. The number of methoxy groups -OCH3 is 2. The first-order valence-corrected chi connectivity index (χ1v) is 10.2. The Kier molecular flexibility index (Phi) is 7.21. The van der Waals surface area contributed by atoms with Gasteiger partial charge in [0.1, 0.15) is 22.8 Å². The summed E-state index contributed by atoms with van der Waals surface area (Å²) < 4.78 is 13.2. The summed E-state index contributed by atoms with van der Waals surface area (Å²) >= 11 is 0. The second-order valence-corrected chi connectivity index (χ2v) is 7.21. The van der Waals surface area contributed by atoms with Gasteiger partial charge in [0.2, 0.25) is 0 Å². The van der Waals surface area contributed by atoms with E-state index in [1.807, 2.05) is 37.4 Å². The highest BCUT2D eigenvalue weighted by molar-refractivity contribution is 5.87. The maximum Gasteiger partial charge on any atom is 0.154 e. The maximum atomic E-state index is 10.6. The van der Waals surface area contributed by atoms with Crippen molar-refractivity contribution in [1.29, 1.82) is 0 Å². The van der Waals surface area contributed by atoms with E-state index in [9.17, 15) is 4.91 Å². The van der Waals surface area contributed by atoms with Crippen LogP contribution in [0.25, 0.3) is 11.0 Å². The fraction of sp³-hybridized carbons (Fsp3) is 0.455. The Hall–Kier alpha value is -3.16. The highest BCUT2D eigenvalue weighted by Gasteiger charge is 2.18. The van der Waals surface area contributed by atoms with Crippen molar-refractivity contribution in [2.45, 2.75) is 45.7 Å². The Balaban J connectivity index is 2.03. The molecule has 30 heavy (non-hydrogen) atoms. The van der Waals surface area contributed by atoms with Crippen molar-refractivity contribution in [2.24, 2.45) is 5.18 Å². The number of nitrogens with one attached hydrogen (secondary N) is 1. The van der Waals surface area contributed by atoms with Crippen LogP contribution in [-0.4, -0.2) is 41.3 Å². The van der Waals surface area contributed by atoms with Crippen LogP contribution in [0.1, 0.15) is 37.6 Å². The third-order valence-electron chi connectivity index (χ3n) is 5.13. The number of aromatic nitrogens is 3. The molecular weight excluding hydrogens is 382 g/mol. The van der Waals surface area contributed by atoms with E-state index >= 15 is 0 Å². The minimum Gasteiger partial charge on any atom is -0.496 e. The molecule has 0 saturated heterocycles. The van der Waals surface area contributed by atoms with Crippen molar-refractivity contribution in [3.05, 3.63) is 46.8 Å². The Morgan fingerprint density at radius 1 is 1.13 bits per heavy atom. The second kappa shape index (κ2) is 10.0. The van der Waals surface area contributed by atoms with E-state index in [1.54, 1.807) is 14.2 Å². The van der Waals surface area contributed by atoms with E-state index in [4.69, 9.17) is 9.47 Å². The number of ether oxygens (including phenoxy) is 2. The van der Waals surface area contributed by atoms with Crippen LogP contribution in [0.2, 0.25) is 0 Å². The number of nitrogens with zero attached hydrogens (tertiary/aromatic N) is 4. The molecule has 1 aromatic carbocycles. The van der Waals surface area contributed by atoms with Crippen LogP contribution in [0.5, 0.6) is 11.5 Å². The number of anilines is 1. The number of aryl methyl sites for hydroxylation is 1. The van der Waals surface area contributed by atoms with E-state index in [2.05, 4.69) is 32.0 Å². The van der Waals surface area contributed by atoms with Gasteiger partial charge in [-0.05, 0) is 38.0 Å². The van der Waals surface area contributed by atoms with Gasteiger partial charge in [-0.25, -0.2) is 9.97 Å². The summed E-state index contributed by atoms with van der Waals surface area (Å²) in [4.78, 5) is 19.9. The van der Waals surface area contributed by atoms with Gasteiger partial charge in [-0.15, -0.1) is 0 Å². The van der Waals surface area contributed by atoms with Crippen molar-refractivity contribution in [2.75, 3.05) is 26.1 Å². The molecule has 0 aliphatic carbocycles. The molecule has 2 heterocycles. The number of fused-ring (bicyclic) bond motifs is 1. The minimum absolute atomic E-state index is 0.120. The molecule has 1 atom stereocenters. The Morgan fingerprint density at radius 2 is 1.87 bits per heavy atom. The predicted molar refractivity (Wildman–Crippen MR) is 119 cm³/mol. The quantitative estimate of drug-likeness (QED) is 0.466. The van der Waals surface area contributed by atoms with Gasteiger partial charge in [-0.2, -0.15) is 4.91 Å². The molecule has 0 aliphatic rings. The predicted octanol–water partition coefficient (Wildman–Crippen LogP) is 4.54. The molecule has 0 radical (unpaired) electrons. The lowest BCUT2D eigenvalue weighted by Gasteiger charge is -2.20. The highest BCUT2D eigenvalue weighted by atomic mass is 16.5. The van der Waals surface area contributed by atoms with Crippen molar-refractivity contribution < 1.29 is 9.47 Å². The summed E-state index contributed by atoms with van der Waals surface area (Å²) in [7, 11) is 3.31. The average molecular weight is 412 g/mol. The van der Waals surface area contributed by atoms with Gasteiger partial charge in [0, 0.05) is 12.2 Å². The van der Waals surface area contributed by atoms with E-state index in [0.717, 1.165) is 46.8 Å². The van der Waals surface area contributed by atoms with E-state index in [-0.39, 0.29) is 12.6 Å². The van der Waals surface area contributed by atoms with Crippen LogP contribution in [0, 0.1) is 11.8 Å². The summed E-state index contributed by atoms with van der Waals surface area (Å²) in [5, 5.41) is 6.56. The van der Waals surface area contributed by atoms with Crippen molar-refractivity contribution >= 4 is 16.9 Å². The minimum atomic E-state index is 0.120. The lowest BCUT2D eigenvalue weighted by Crippen LogP contribution is -2.22. The van der Waals surface area contributed by atoms with Gasteiger partial charge in [0.05, 0.1) is 38.4 Å². The fourth-order valence-corrected chi connectivity index (χ4v) is 3.75. The number of hydrogen-bond donors (Lipinski definition) is 1. The summed E-state index contributed by atoms with van der Waals surface area (Å²) in [6, 6.07) is 7.86. The maximum absolute atomic E-state index is 10.6. The molecule has 3 aromatic rings. The lowest BCUT2D eigenvalue weighted by molar-refractivity contribution is 0.383. The number of benzene rings is 1. The molecule has 8 heteroatoms. The molecule has 0 bridgehead atoms. The van der Waals surface area contributed by atoms with Crippen LogP contribution in [0.15, 0.2) is 35.6 Å².